The molecule has 2 aromatic rings. The van der Waals surface area contributed by atoms with Gasteiger partial charge in [0.2, 0.25) is 0 Å². The van der Waals surface area contributed by atoms with Gasteiger partial charge >= 0.3 is 0 Å². The maximum atomic E-state index is 12.3. The molecule has 0 unspecified atom stereocenters. The summed E-state index contributed by atoms with van der Waals surface area (Å²) in [6.07, 6.45) is 6.66. The third kappa shape index (κ3) is 3.32. The lowest BCUT2D eigenvalue weighted by molar-refractivity contribution is 0.0929. The van der Waals surface area contributed by atoms with Crippen LogP contribution < -0.4 is 5.32 Å². The number of hydrogen-bond donors (Lipinski definition) is 1. The zero-order chi connectivity index (χ0) is 15.4. The summed E-state index contributed by atoms with van der Waals surface area (Å²) in [6, 6.07) is 7.95. The number of amides is 1. The minimum absolute atomic E-state index is 0.0991. The third-order valence-electron chi connectivity index (χ3n) is 4.26. The molecule has 1 saturated carbocycles. The van der Waals surface area contributed by atoms with Gasteiger partial charge < -0.3 is 9.73 Å². The van der Waals surface area contributed by atoms with Crippen LogP contribution in [-0.2, 0) is 5.75 Å². The summed E-state index contributed by atoms with van der Waals surface area (Å²) in [4.78, 5) is 12.3. The molecule has 4 heteroatoms. The van der Waals surface area contributed by atoms with Crippen molar-refractivity contribution in [2.24, 2.45) is 0 Å². The Labute approximate surface area is 135 Å². The second kappa shape index (κ2) is 7.23. The Bertz CT molecular complexity index is 644. The van der Waals surface area contributed by atoms with Gasteiger partial charge in [-0.1, -0.05) is 37.5 Å². The van der Waals surface area contributed by atoms with E-state index >= 15 is 0 Å². The second-order valence-electron chi connectivity index (χ2n) is 5.84. The number of carbonyl (C=O) groups excluding carboxylic acids is 1. The summed E-state index contributed by atoms with van der Waals surface area (Å²) in [5.41, 5.74) is 1.86. The van der Waals surface area contributed by atoms with Crippen LogP contribution in [0.4, 0.5) is 0 Å². The van der Waals surface area contributed by atoms with E-state index in [4.69, 9.17) is 4.42 Å². The minimum atomic E-state index is -0.0991. The van der Waals surface area contributed by atoms with Crippen molar-refractivity contribution in [1.82, 2.24) is 5.32 Å². The van der Waals surface area contributed by atoms with Crippen LogP contribution in [0, 0.1) is 0 Å². The van der Waals surface area contributed by atoms with E-state index in [1.807, 2.05) is 36.9 Å². The summed E-state index contributed by atoms with van der Waals surface area (Å²) >= 11 is 1.98. The standard InChI is InChI=1S/C18H23NO2S/c1-2-19-18(20)17-15(12-22-13-8-4-3-5-9-13)14-10-6-7-11-16(14)21-17/h6-7,10-11,13H,2-5,8-9,12H2,1H3,(H,19,20). The van der Waals surface area contributed by atoms with Gasteiger partial charge in [0.15, 0.2) is 5.76 Å². The van der Waals surface area contributed by atoms with Gasteiger partial charge in [-0.3, -0.25) is 4.79 Å². The summed E-state index contributed by atoms with van der Waals surface area (Å²) < 4.78 is 5.83. The van der Waals surface area contributed by atoms with Gasteiger partial charge in [-0.15, -0.1) is 0 Å². The minimum Gasteiger partial charge on any atom is -0.451 e. The van der Waals surface area contributed by atoms with Crippen LogP contribution in [0.15, 0.2) is 28.7 Å². The van der Waals surface area contributed by atoms with E-state index in [1.54, 1.807) is 0 Å². The van der Waals surface area contributed by atoms with E-state index in [2.05, 4.69) is 11.4 Å². The van der Waals surface area contributed by atoms with Crippen LogP contribution in [0.5, 0.6) is 0 Å². The van der Waals surface area contributed by atoms with E-state index < -0.39 is 0 Å². The normalized spacial score (nSPS) is 16.0. The molecular weight excluding hydrogens is 294 g/mol. The summed E-state index contributed by atoms with van der Waals surface area (Å²) in [6.45, 7) is 2.54. The molecule has 3 nitrogen and oxygen atoms in total. The van der Waals surface area contributed by atoms with Gasteiger partial charge in [-0.25, -0.2) is 0 Å². The number of carbonyl (C=O) groups is 1. The number of nitrogens with one attached hydrogen (secondary N) is 1. The van der Waals surface area contributed by atoms with Crippen LogP contribution in [0.25, 0.3) is 11.0 Å². The van der Waals surface area contributed by atoms with E-state index in [0.29, 0.717) is 12.3 Å². The smallest absolute Gasteiger partial charge is 0.287 e. The van der Waals surface area contributed by atoms with E-state index in [9.17, 15) is 4.79 Å². The highest BCUT2D eigenvalue weighted by Gasteiger charge is 2.22. The Balaban J connectivity index is 1.84. The van der Waals surface area contributed by atoms with Gasteiger partial charge in [0.1, 0.15) is 5.58 Å². The Kier molecular flexibility index (Phi) is 5.08. The van der Waals surface area contributed by atoms with Crippen LogP contribution >= 0.6 is 11.8 Å². The van der Waals surface area contributed by atoms with Crippen molar-refractivity contribution in [3.63, 3.8) is 0 Å². The Morgan fingerprint density at radius 1 is 1.27 bits per heavy atom. The molecule has 0 spiro atoms. The first-order valence-electron chi connectivity index (χ1n) is 8.19. The maximum Gasteiger partial charge on any atom is 0.287 e. The topological polar surface area (TPSA) is 42.2 Å². The molecule has 0 aliphatic heterocycles. The van der Waals surface area contributed by atoms with Crippen molar-refractivity contribution < 1.29 is 9.21 Å². The fourth-order valence-electron chi connectivity index (χ4n) is 3.10. The second-order valence-corrected chi connectivity index (χ2v) is 7.13. The first-order valence-corrected chi connectivity index (χ1v) is 9.24. The number of rotatable bonds is 5. The molecule has 1 aliphatic rings. The molecule has 118 valence electrons. The molecular formula is C18H23NO2S. The van der Waals surface area contributed by atoms with Crippen molar-refractivity contribution >= 4 is 28.6 Å². The number of furan rings is 1. The molecule has 1 heterocycles. The summed E-state index contributed by atoms with van der Waals surface area (Å²) in [7, 11) is 0. The zero-order valence-electron chi connectivity index (χ0n) is 13.1. The highest BCUT2D eigenvalue weighted by atomic mass is 32.2. The van der Waals surface area contributed by atoms with Gasteiger partial charge in [0.05, 0.1) is 0 Å². The van der Waals surface area contributed by atoms with Gasteiger partial charge in [0.25, 0.3) is 5.91 Å². The predicted octanol–water partition coefficient (Wildman–Crippen LogP) is 4.75. The molecule has 1 aromatic carbocycles. The molecule has 1 aromatic heterocycles. The summed E-state index contributed by atoms with van der Waals surface area (Å²) in [5, 5.41) is 4.66. The number of fused-ring (bicyclic) bond motifs is 1. The summed E-state index contributed by atoms with van der Waals surface area (Å²) in [5.74, 6) is 1.25. The Morgan fingerprint density at radius 2 is 2.05 bits per heavy atom. The monoisotopic (exact) mass is 317 g/mol. The highest BCUT2D eigenvalue weighted by Crippen LogP contribution is 2.34. The van der Waals surface area contributed by atoms with Crippen LogP contribution in [0.1, 0.15) is 55.1 Å². The number of para-hydroxylation sites is 1. The first-order chi connectivity index (χ1) is 10.8. The predicted molar refractivity (Wildman–Crippen MR) is 92.4 cm³/mol. The zero-order valence-corrected chi connectivity index (χ0v) is 13.9. The third-order valence-corrected chi connectivity index (χ3v) is 5.66. The largest absolute Gasteiger partial charge is 0.451 e. The van der Waals surface area contributed by atoms with Crippen molar-refractivity contribution in [3.05, 3.63) is 35.6 Å². The molecule has 1 aliphatic carbocycles. The van der Waals surface area contributed by atoms with Gasteiger partial charge in [-0.2, -0.15) is 11.8 Å². The molecule has 0 atom stereocenters. The van der Waals surface area contributed by atoms with Crippen LogP contribution in [-0.4, -0.2) is 17.7 Å². The first kappa shape index (κ1) is 15.5. The number of thioether (sulfide) groups is 1. The average molecular weight is 317 g/mol. The van der Waals surface area contributed by atoms with Crippen LogP contribution in [0.3, 0.4) is 0 Å². The SMILES string of the molecule is CCNC(=O)c1oc2ccccc2c1CSC1CCCCC1. The lowest BCUT2D eigenvalue weighted by Crippen LogP contribution is -2.23. The maximum absolute atomic E-state index is 12.3. The molecule has 3 rings (SSSR count). The molecule has 0 radical (unpaired) electrons. The van der Waals surface area contributed by atoms with Crippen molar-refractivity contribution in [2.45, 2.75) is 50.0 Å². The van der Waals surface area contributed by atoms with Crippen molar-refractivity contribution in [3.8, 4) is 0 Å². The molecule has 0 bridgehead atoms. The fourth-order valence-corrected chi connectivity index (χ4v) is 4.45. The molecule has 22 heavy (non-hydrogen) atoms. The van der Waals surface area contributed by atoms with Gasteiger partial charge in [-0.05, 0) is 25.8 Å². The Hall–Kier alpha value is -1.42. The van der Waals surface area contributed by atoms with Crippen LogP contribution in [0.2, 0.25) is 0 Å². The van der Waals surface area contributed by atoms with Crippen molar-refractivity contribution in [2.75, 3.05) is 6.54 Å². The lowest BCUT2D eigenvalue weighted by atomic mass is 10.0. The van der Waals surface area contributed by atoms with E-state index in [0.717, 1.165) is 27.5 Å². The quantitative estimate of drug-likeness (QED) is 0.865. The fraction of sp³-hybridized carbons (Fsp3) is 0.500. The molecule has 1 amide bonds. The van der Waals surface area contributed by atoms with E-state index in [-0.39, 0.29) is 5.91 Å². The molecule has 1 N–H and O–H groups in total. The number of benzene rings is 1. The highest BCUT2D eigenvalue weighted by molar-refractivity contribution is 7.99. The lowest BCUT2D eigenvalue weighted by Gasteiger charge is -2.20. The van der Waals surface area contributed by atoms with Gasteiger partial charge in [0, 0.05) is 28.5 Å². The molecule has 1 fully saturated rings. The number of hydrogen-bond acceptors (Lipinski definition) is 3. The Morgan fingerprint density at radius 3 is 2.82 bits per heavy atom. The average Bonchev–Trinajstić information content (AvgIpc) is 2.93. The van der Waals surface area contributed by atoms with Crippen molar-refractivity contribution in [1.29, 1.82) is 0 Å². The van der Waals surface area contributed by atoms with E-state index in [1.165, 1.54) is 32.1 Å². The molecule has 0 saturated heterocycles.